The van der Waals surface area contributed by atoms with Crippen LogP contribution >= 0.6 is 15.8 Å². The topological polar surface area (TPSA) is 12.5 Å². The molecule has 0 spiro atoms. The first-order valence-corrected chi connectivity index (χ1v) is 18.6. The van der Waals surface area contributed by atoms with Gasteiger partial charge in [0.2, 0.25) is 0 Å². The number of ether oxygens (including phenoxy) is 1. The van der Waals surface area contributed by atoms with Gasteiger partial charge in [0, 0.05) is 17.2 Å². The summed E-state index contributed by atoms with van der Waals surface area (Å²) in [6.45, 7) is 0.736. The van der Waals surface area contributed by atoms with Gasteiger partial charge in [-0.25, -0.2) is 0 Å². The lowest BCUT2D eigenvalue weighted by atomic mass is 10.1. The number of hydrogen-bond acceptors (Lipinski definition) is 2. The molecule has 7 aromatic carbocycles. The first-order valence-electron chi connectivity index (χ1n) is 15.9. The van der Waals surface area contributed by atoms with E-state index >= 15 is 0 Å². The molecule has 0 N–H and O–H groups in total. The largest absolute Gasteiger partial charge is 0.452 e. The first-order chi connectivity index (χ1) is 23.3. The average molecular weight is 642 g/mol. The molecule has 0 aromatic heterocycles. The number of fused-ring (bicyclic) bond motifs is 2. The van der Waals surface area contributed by atoms with Crippen LogP contribution in [0.25, 0.3) is 0 Å². The maximum Gasteiger partial charge on any atom is 0.159 e. The minimum atomic E-state index is -0.887. The fraction of sp³-hybridized carbons (Fsp3) is 0.0233. The molecule has 2 nitrogen and oxygen atoms in total. The summed E-state index contributed by atoms with van der Waals surface area (Å²) in [6, 6.07) is 67.7. The molecular weight excluding hydrogens is 608 g/mol. The van der Waals surface area contributed by atoms with Crippen LogP contribution in [0.3, 0.4) is 0 Å². The Morgan fingerprint density at radius 2 is 0.702 bits per heavy atom. The number of nitrogens with zero attached hydrogens (tertiary/aromatic N) is 1. The molecule has 1 aliphatic rings. The molecule has 7 aromatic rings. The number of para-hydroxylation sites is 2. The van der Waals surface area contributed by atoms with Gasteiger partial charge in [-0.1, -0.05) is 164 Å². The molecule has 0 bridgehead atoms. The van der Waals surface area contributed by atoms with Crippen molar-refractivity contribution in [2.75, 3.05) is 4.90 Å². The van der Waals surface area contributed by atoms with E-state index in [9.17, 15) is 0 Å². The number of rotatable bonds is 8. The lowest BCUT2D eigenvalue weighted by Crippen LogP contribution is -2.30. The molecule has 47 heavy (non-hydrogen) atoms. The highest BCUT2D eigenvalue weighted by Gasteiger charge is 2.33. The molecule has 0 amide bonds. The zero-order valence-electron chi connectivity index (χ0n) is 25.9. The quantitative estimate of drug-likeness (QED) is 0.154. The van der Waals surface area contributed by atoms with Crippen molar-refractivity contribution in [2.24, 2.45) is 0 Å². The van der Waals surface area contributed by atoms with Crippen LogP contribution in [0.1, 0.15) is 5.56 Å². The smallest absolute Gasteiger partial charge is 0.159 e. The first kappa shape index (κ1) is 29.4. The Hall–Kier alpha value is -5.00. The predicted octanol–water partition coefficient (Wildman–Crippen LogP) is 8.65. The van der Waals surface area contributed by atoms with Crippen LogP contribution in [-0.2, 0) is 6.54 Å². The third kappa shape index (κ3) is 5.88. The van der Waals surface area contributed by atoms with E-state index in [0.717, 1.165) is 29.4 Å². The van der Waals surface area contributed by atoms with E-state index in [1.54, 1.807) is 0 Å². The van der Waals surface area contributed by atoms with Gasteiger partial charge in [-0.15, -0.1) is 0 Å². The molecule has 0 aliphatic carbocycles. The van der Waals surface area contributed by atoms with Gasteiger partial charge in [0.25, 0.3) is 0 Å². The van der Waals surface area contributed by atoms with Gasteiger partial charge in [0.05, 0.1) is 11.4 Å². The van der Waals surface area contributed by atoms with Crippen molar-refractivity contribution in [2.45, 2.75) is 6.54 Å². The number of anilines is 2. The Balaban J connectivity index is 1.36. The Kier molecular flexibility index (Phi) is 8.38. The normalized spacial score (nSPS) is 12.0. The second kappa shape index (κ2) is 13.4. The van der Waals surface area contributed by atoms with Crippen LogP contribution in [-0.4, -0.2) is 0 Å². The van der Waals surface area contributed by atoms with Gasteiger partial charge in [-0.05, 0) is 66.9 Å². The molecular formula is C43H33NOP2. The molecule has 1 heterocycles. The highest BCUT2D eigenvalue weighted by atomic mass is 31.1. The van der Waals surface area contributed by atoms with Crippen molar-refractivity contribution in [3.63, 3.8) is 0 Å². The van der Waals surface area contributed by atoms with E-state index in [1.807, 2.05) is 0 Å². The summed E-state index contributed by atoms with van der Waals surface area (Å²) in [6.07, 6.45) is 0. The van der Waals surface area contributed by atoms with Crippen molar-refractivity contribution in [3.05, 3.63) is 194 Å². The molecule has 1 aliphatic heterocycles. The van der Waals surface area contributed by atoms with E-state index in [0.29, 0.717) is 0 Å². The monoisotopic (exact) mass is 641 g/mol. The molecule has 0 radical (unpaired) electrons. The molecule has 226 valence electrons. The van der Waals surface area contributed by atoms with E-state index < -0.39 is 15.8 Å². The Morgan fingerprint density at radius 3 is 1.06 bits per heavy atom. The highest BCUT2D eigenvalue weighted by Crippen LogP contribution is 2.52. The van der Waals surface area contributed by atoms with Crippen LogP contribution in [0, 0.1) is 0 Å². The zero-order valence-corrected chi connectivity index (χ0v) is 27.6. The Bertz CT molecular complexity index is 1880. The van der Waals surface area contributed by atoms with Crippen molar-refractivity contribution < 1.29 is 4.74 Å². The van der Waals surface area contributed by atoms with Gasteiger partial charge in [0.1, 0.15) is 0 Å². The summed E-state index contributed by atoms with van der Waals surface area (Å²) in [5.74, 6) is 1.89. The third-order valence-corrected chi connectivity index (χ3v) is 13.4. The lowest BCUT2D eigenvalue weighted by Gasteiger charge is -2.37. The van der Waals surface area contributed by atoms with E-state index in [2.05, 4.69) is 193 Å². The second-order valence-electron chi connectivity index (χ2n) is 11.4. The number of hydrogen-bond donors (Lipinski definition) is 0. The molecule has 0 atom stereocenters. The van der Waals surface area contributed by atoms with Crippen LogP contribution in [0.15, 0.2) is 188 Å². The fourth-order valence-electron chi connectivity index (χ4n) is 6.34. The van der Waals surface area contributed by atoms with E-state index in [4.69, 9.17) is 4.74 Å². The standard InChI is InChI=1S/C43H33NOP2/c1-6-18-33(19-7-1)32-44-38-28-16-30-40(46(34-20-8-2-9-21-34)35-22-10-3-11-23-35)42(38)45-43-39(44)29-17-31-41(43)47(36-24-12-4-13-25-36)37-26-14-5-15-27-37/h1-31H,32H2. The predicted molar refractivity (Wildman–Crippen MR) is 203 cm³/mol. The van der Waals surface area contributed by atoms with Gasteiger partial charge >= 0.3 is 0 Å². The average Bonchev–Trinajstić information content (AvgIpc) is 3.14. The van der Waals surface area contributed by atoms with Crippen molar-refractivity contribution >= 4 is 59.0 Å². The molecule has 0 saturated carbocycles. The van der Waals surface area contributed by atoms with E-state index in [-0.39, 0.29) is 0 Å². The summed E-state index contributed by atoms with van der Waals surface area (Å²) in [5, 5.41) is 7.64. The van der Waals surface area contributed by atoms with Crippen LogP contribution < -0.4 is 41.5 Å². The zero-order chi connectivity index (χ0) is 31.4. The molecule has 0 fully saturated rings. The maximum atomic E-state index is 7.35. The number of benzene rings is 7. The van der Waals surface area contributed by atoms with E-state index in [1.165, 1.54) is 37.4 Å². The van der Waals surface area contributed by atoms with Crippen molar-refractivity contribution in [1.82, 2.24) is 0 Å². The van der Waals surface area contributed by atoms with Gasteiger partial charge in [-0.3, -0.25) is 0 Å². The van der Waals surface area contributed by atoms with Crippen LogP contribution in [0.2, 0.25) is 0 Å². The molecule has 0 saturated heterocycles. The minimum Gasteiger partial charge on any atom is -0.452 e. The van der Waals surface area contributed by atoms with Crippen molar-refractivity contribution in [3.8, 4) is 11.5 Å². The summed E-state index contributed by atoms with van der Waals surface area (Å²) < 4.78 is 7.35. The second-order valence-corrected chi connectivity index (χ2v) is 15.8. The summed E-state index contributed by atoms with van der Waals surface area (Å²) >= 11 is 0. The Morgan fingerprint density at radius 1 is 0.362 bits per heavy atom. The third-order valence-electron chi connectivity index (χ3n) is 8.46. The maximum absolute atomic E-state index is 7.35. The fourth-order valence-corrected chi connectivity index (χ4v) is 11.1. The van der Waals surface area contributed by atoms with Crippen LogP contribution in [0.4, 0.5) is 11.4 Å². The molecule has 0 unspecified atom stereocenters. The molecule has 8 rings (SSSR count). The summed E-state index contributed by atoms with van der Waals surface area (Å²) in [7, 11) is -1.77. The Labute approximate surface area is 279 Å². The summed E-state index contributed by atoms with van der Waals surface area (Å²) in [5.41, 5.74) is 3.45. The van der Waals surface area contributed by atoms with Crippen LogP contribution in [0.5, 0.6) is 11.5 Å². The SMILES string of the molecule is c1ccc(CN2c3cccc(P(c4ccccc4)c4ccccc4)c3Oc3c2cccc3P(c2ccccc2)c2ccccc2)cc1. The minimum absolute atomic E-state index is 0.736. The molecule has 4 heteroatoms. The summed E-state index contributed by atoms with van der Waals surface area (Å²) in [4.78, 5) is 2.46. The van der Waals surface area contributed by atoms with Gasteiger partial charge < -0.3 is 9.64 Å². The van der Waals surface area contributed by atoms with Gasteiger partial charge in [0.15, 0.2) is 11.5 Å². The lowest BCUT2D eigenvalue weighted by molar-refractivity contribution is 0.480. The highest BCUT2D eigenvalue weighted by molar-refractivity contribution is 7.80. The van der Waals surface area contributed by atoms with Crippen molar-refractivity contribution in [1.29, 1.82) is 0 Å². The van der Waals surface area contributed by atoms with Gasteiger partial charge in [-0.2, -0.15) is 0 Å².